The number of hydrogen-bond acceptors (Lipinski definition) is 13. The van der Waals surface area contributed by atoms with Crippen LogP contribution in [0, 0.1) is 25.2 Å². The SMILES string of the molecule is COc1c(C)cc2c(c1O)[C@H]1C3[C@@H]4SCC(NC(C)=O)C(=O)OC[C@@H](c5c6c(c(C)c(OC(C)=O)c54)OCO6)N3[C@@H](C#N)[C@@H](C2)N1C(C)=O. The van der Waals surface area contributed by atoms with E-state index in [1.807, 2.05) is 17.9 Å². The van der Waals surface area contributed by atoms with Gasteiger partial charge in [-0.3, -0.25) is 19.3 Å². The number of nitrogens with one attached hydrogen (secondary N) is 1. The first-order valence-electron chi connectivity index (χ1n) is 15.9. The number of cyclic esters (lactones) is 1. The molecule has 2 aromatic carbocycles. The number of fused-ring (bicyclic) bond motifs is 9. The van der Waals surface area contributed by atoms with Crippen molar-refractivity contribution in [2.24, 2.45) is 0 Å². The Morgan fingerprint density at radius 1 is 1.08 bits per heavy atom. The van der Waals surface area contributed by atoms with Gasteiger partial charge >= 0.3 is 11.9 Å². The Kier molecular flexibility index (Phi) is 8.06. The molecule has 0 aliphatic carbocycles. The van der Waals surface area contributed by atoms with Gasteiger partial charge < -0.3 is 39.0 Å². The summed E-state index contributed by atoms with van der Waals surface area (Å²) in [7, 11) is 1.46. The first-order chi connectivity index (χ1) is 23.4. The van der Waals surface area contributed by atoms with Gasteiger partial charge in [0.15, 0.2) is 23.0 Å². The van der Waals surface area contributed by atoms with E-state index in [1.165, 1.54) is 39.6 Å². The third kappa shape index (κ3) is 4.86. The number of methoxy groups -OCH3 is 1. The fourth-order valence-electron chi connectivity index (χ4n) is 8.49. The van der Waals surface area contributed by atoms with Crippen LogP contribution in [0.15, 0.2) is 6.07 Å². The van der Waals surface area contributed by atoms with Crippen LogP contribution in [0.5, 0.6) is 28.7 Å². The number of esters is 2. The normalized spacial score (nSPS) is 27.9. The zero-order chi connectivity index (χ0) is 35.0. The van der Waals surface area contributed by atoms with E-state index in [2.05, 4.69) is 11.4 Å². The quantitative estimate of drug-likeness (QED) is 0.355. The zero-order valence-corrected chi connectivity index (χ0v) is 28.6. The lowest BCUT2D eigenvalue weighted by Crippen LogP contribution is -2.70. The summed E-state index contributed by atoms with van der Waals surface area (Å²) in [4.78, 5) is 55.7. The molecule has 49 heavy (non-hydrogen) atoms. The third-order valence-corrected chi connectivity index (χ3v) is 11.5. The van der Waals surface area contributed by atoms with Gasteiger partial charge in [0.1, 0.15) is 24.4 Å². The molecule has 5 aliphatic heterocycles. The Balaban J connectivity index is 1.57. The number of thioether (sulfide) groups is 1. The van der Waals surface area contributed by atoms with Crippen molar-refractivity contribution >= 4 is 35.5 Å². The van der Waals surface area contributed by atoms with E-state index in [4.69, 9.17) is 23.7 Å². The molecule has 2 saturated heterocycles. The van der Waals surface area contributed by atoms with Crippen molar-refractivity contribution in [1.29, 1.82) is 5.26 Å². The van der Waals surface area contributed by atoms with Gasteiger partial charge in [-0.1, -0.05) is 6.07 Å². The number of hydrogen-bond donors (Lipinski definition) is 2. The van der Waals surface area contributed by atoms with E-state index in [0.29, 0.717) is 39.3 Å². The maximum Gasteiger partial charge on any atom is 0.329 e. The first-order valence-corrected chi connectivity index (χ1v) is 17.0. The molecule has 4 bridgehead atoms. The van der Waals surface area contributed by atoms with Crippen LogP contribution in [0.1, 0.15) is 71.5 Å². The van der Waals surface area contributed by atoms with Gasteiger partial charge in [-0.2, -0.15) is 5.26 Å². The molecule has 15 heteroatoms. The average Bonchev–Trinajstić information content (AvgIpc) is 3.53. The molecule has 5 heterocycles. The number of ether oxygens (including phenoxy) is 5. The predicted molar refractivity (Wildman–Crippen MR) is 172 cm³/mol. The second-order valence-electron chi connectivity index (χ2n) is 12.9. The minimum atomic E-state index is -1.02. The second-order valence-corrected chi connectivity index (χ2v) is 14.1. The van der Waals surface area contributed by atoms with Crippen LogP contribution in [0.3, 0.4) is 0 Å². The molecular weight excluding hydrogens is 656 g/mol. The van der Waals surface area contributed by atoms with Crippen LogP contribution in [-0.2, 0) is 30.3 Å². The lowest BCUT2D eigenvalue weighted by atomic mass is 9.71. The fourth-order valence-corrected chi connectivity index (χ4v) is 9.99. The molecule has 2 unspecified atom stereocenters. The van der Waals surface area contributed by atoms with Crippen molar-refractivity contribution in [3.8, 4) is 34.8 Å². The van der Waals surface area contributed by atoms with Crippen molar-refractivity contribution in [3.05, 3.63) is 39.4 Å². The minimum Gasteiger partial charge on any atom is -0.504 e. The summed E-state index contributed by atoms with van der Waals surface area (Å²) in [5.74, 6) is -0.727. The van der Waals surface area contributed by atoms with E-state index >= 15 is 0 Å². The number of phenolic OH excluding ortho intramolecular Hbond substituents is 1. The Labute approximate surface area is 286 Å². The van der Waals surface area contributed by atoms with Gasteiger partial charge in [0.05, 0.1) is 42.6 Å². The van der Waals surface area contributed by atoms with E-state index in [0.717, 1.165) is 5.56 Å². The molecule has 2 fully saturated rings. The van der Waals surface area contributed by atoms with Gasteiger partial charge in [0.2, 0.25) is 18.6 Å². The molecule has 7 atom stereocenters. The van der Waals surface area contributed by atoms with Crippen molar-refractivity contribution in [2.45, 2.75) is 82.5 Å². The number of carbonyl (C=O) groups is 4. The van der Waals surface area contributed by atoms with Gasteiger partial charge in [-0.05, 0) is 31.4 Å². The number of aryl methyl sites for hydroxylation is 1. The summed E-state index contributed by atoms with van der Waals surface area (Å²) >= 11 is 1.29. The van der Waals surface area contributed by atoms with Gasteiger partial charge in [-0.25, -0.2) is 4.79 Å². The van der Waals surface area contributed by atoms with Crippen LogP contribution in [0.2, 0.25) is 0 Å². The monoisotopic (exact) mass is 692 g/mol. The molecule has 0 radical (unpaired) electrons. The van der Waals surface area contributed by atoms with E-state index in [1.54, 1.807) is 11.8 Å². The molecule has 5 aliphatic rings. The van der Waals surface area contributed by atoms with Crippen molar-refractivity contribution < 1.29 is 48.0 Å². The summed E-state index contributed by atoms with van der Waals surface area (Å²) in [5, 5.41) is 24.8. The first kappa shape index (κ1) is 32.8. The topological polar surface area (TPSA) is 177 Å². The Morgan fingerprint density at radius 2 is 1.82 bits per heavy atom. The molecule has 2 aromatic rings. The highest BCUT2D eigenvalue weighted by atomic mass is 32.2. The summed E-state index contributed by atoms with van der Waals surface area (Å²) in [5.41, 5.74) is 3.62. The average molecular weight is 693 g/mol. The van der Waals surface area contributed by atoms with Crippen molar-refractivity contribution in [1.82, 2.24) is 15.1 Å². The molecule has 7 rings (SSSR count). The summed E-state index contributed by atoms with van der Waals surface area (Å²) < 4.78 is 29.5. The fraction of sp³-hybridized carbons (Fsp3) is 0.500. The number of phenols is 1. The van der Waals surface area contributed by atoms with Crippen LogP contribution in [0.25, 0.3) is 0 Å². The molecule has 2 N–H and O–H groups in total. The third-order valence-electron chi connectivity index (χ3n) is 10.1. The van der Waals surface area contributed by atoms with Crippen molar-refractivity contribution in [2.75, 3.05) is 26.3 Å². The van der Waals surface area contributed by atoms with Crippen LogP contribution in [0.4, 0.5) is 0 Å². The van der Waals surface area contributed by atoms with Crippen LogP contribution in [-0.4, -0.2) is 89.1 Å². The predicted octanol–water partition coefficient (Wildman–Crippen LogP) is 2.65. The van der Waals surface area contributed by atoms with E-state index in [9.17, 15) is 29.5 Å². The number of carbonyl (C=O) groups excluding carboxylic acids is 4. The molecule has 14 nitrogen and oxygen atoms in total. The summed E-state index contributed by atoms with van der Waals surface area (Å²) in [6.45, 7) is 7.26. The van der Waals surface area contributed by atoms with Crippen LogP contribution >= 0.6 is 11.8 Å². The maximum absolute atomic E-state index is 13.7. The second kappa shape index (κ2) is 12.0. The smallest absolute Gasteiger partial charge is 0.329 e. The molecule has 258 valence electrons. The number of benzene rings is 2. The Bertz CT molecular complexity index is 1860. The lowest BCUT2D eigenvalue weighted by Gasteiger charge is -2.62. The maximum atomic E-state index is 13.7. The summed E-state index contributed by atoms with van der Waals surface area (Å²) in [6, 6.07) is -0.549. The molecule has 0 saturated carbocycles. The number of nitrogens with zero attached hydrogens (tertiary/aromatic N) is 3. The number of rotatable bonds is 3. The van der Waals surface area contributed by atoms with Crippen LogP contribution < -0.4 is 24.3 Å². The molecular formula is C34H36N4O10S. The largest absolute Gasteiger partial charge is 0.504 e. The molecule has 2 amide bonds. The Morgan fingerprint density at radius 3 is 2.47 bits per heavy atom. The molecule has 0 spiro atoms. The highest BCUT2D eigenvalue weighted by Gasteiger charge is 2.62. The zero-order valence-electron chi connectivity index (χ0n) is 27.8. The molecule has 0 aromatic heterocycles. The Hall–Kier alpha value is -4.68. The lowest BCUT2D eigenvalue weighted by molar-refractivity contribution is -0.157. The van der Waals surface area contributed by atoms with Gasteiger partial charge in [0.25, 0.3) is 0 Å². The van der Waals surface area contributed by atoms with E-state index in [-0.39, 0.29) is 48.7 Å². The van der Waals surface area contributed by atoms with Gasteiger partial charge in [-0.15, -0.1) is 11.8 Å². The highest BCUT2D eigenvalue weighted by Crippen LogP contribution is 2.64. The number of piperazine rings is 1. The van der Waals surface area contributed by atoms with Crippen molar-refractivity contribution in [3.63, 3.8) is 0 Å². The minimum absolute atomic E-state index is 0.0357. The number of amides is 2. The number of aromatic hydroxyl groups is 1. The standard InChI is InChI=1S/C34H36N4O10S/c1-13-7-18-8-20-21(9-35)38-22-10-45-34(43)19(36-15(3)39)11-49-33(27(38)26(37(20)16(4)40)23(18)28(42)29(13)44-6)25-24(22)32-31(46-12-47-32)14(2)30(25)48-17(5)41/h7,19-22,26-27,33,42H,8,10-12H2,1-6H3,(H,36,39)/t19?,20-,21+,22+,26+,27?,33-/m1/s1. The van der Waals surface area contributed by atoms with E-state index < -0.39 is 59.3 Å². The van der Waals surface area contributed by atoms with Gasteiger partial charge in [0, 0.05) is 48.8 Å². The highest BCUT2D eigenvalue weighted by molar-refractivity contribution is 7.99. The summed E-state index contributed by atoms with van der Waals surface area (Å²) in [6.07, 6.45) is 0.275. The number of nitriles is 1.